The van der Waals surface area contributed by atoms with Gasteiger partial charge in [0.1, 0.15) is 19.0 Å². The lowest BCUT2D eigenvalue weighted by Gasteiger charge is -2.15. The molecule has 0 radical (unpaired) electrons. The van der Waals surface area contributed by atoms with Crippen molar-refractivity contribution in [3.8, 4) is 11.5 Å². The van der Waals surface area contributed by atoms with Crippen molar-refractivity contribution in [2.45, 2.75) is 13.5 Å². The molecule has 0 spiro atoms. The lowest BCUT2D eigenvalue weighted by molar-refractivity contribution is -0.127. The lowest BCUT2D eigenvalue weighted by atomic mass is 10.1. The number of benzene rings is 3. The molecule has 1 heterocycles. The van der Waals surface area contributed by atoms with E-state index < -0.39 is 29.4 Å². The molecule has 1 N–H and O–H groups in total. The van der Waals surface area contributed by atoms with E-state index in [9.17, 15) is 18.8 Å². The van der Waals surface area contributed by atoms with Crippen LogP contribution in [0.15, 0.2) is 65.6 Å². The number of nitrogens with zero attached hydrogens (tertiary/aromatic N) is 1. The Balaban J connectivity index is 1.48. The van der Waals surface area contributed by atoms with Gasteiger partial charge in [0.25, 0.3) is 11.1 Å². The Morgan fingerprint density at radius 3 is 2.55 bits per heavy atom. The van der Waals surface area contributed by atoms with E-state index in [4.69, 9.17) is 32.7 Å². The highest BCUT2D eigenvalue weighted by molar-refractivity contribution is 8.18. The van der Waals surface area contributed by atoms with Gasteiger partial charge in [0, 0.05) is 10.7 Å². The van der Waals surface area contributed by atoms with Crippen molar-refractivity contribution in [1.82, 2.24) is 4.90 Å². The minimum Gasteiger partial charge on any atom is -0.490 e. The third kappa shape index (κ3) is 6.86. The van der Waals surface area contributed by atoms with Gasteiger partial charge in [0.2, 0.25) is 5.91 Å². The highest BCUT2D eigenvalue weighted by atomic mass is 35.5. The summed E-state index contributed by atoms with van der Waals surface area (Å²) in [6.45, 7) is 1.87. The molecule has 3 amide bonds. The number of halogens is 3. The Kier molecular flexibility index (Phi) is 8.93. The molecule has 0 saturated carbocycles. The van der Waals surface area contributed by atoms with Crippen molar-refractivity contribution in [2.75, 3.05) is 18.5 Å². The van der Waals surface area contributed by atoms with Gasteiger partial charge in [0.15, 0.2) is 11.5 Å². The molecular weight excluding hydrogens is 554 g/mol. The molecule has 4 rings (SSSR count). The predicted octanol–water partition coefficient (Wildman–Crippen LogP) is 6.79. The number of nitrogens with one attached hydrogen (secondary N) is 1. The van der Waals surface area contributed by atoms with Gasteiger partial charge in [0.05, 0.1) is 16.5 Å². The average molecular weight is 575 g/mol. The van der Waals surface area contributed by atoms with Crippen molar-refractivity contribution in [3.05, 3.63) is 92.6 Å². The minimum absolute atomic E-state index is 0.113. The van der Waals surface area contributed by atoms with Crippen molar-refractivity contribution in [2.24, 2.45) is 0 Å². The van der Waals surface area contributed by atoms with E-state index in [1.807, 2.05) is 19.1 Å². The van der Waals surface area contributed by atoms with Crippen LogP contribution in [0, 0.1) is 5.82 Å². The number of hydrogen-bond acceptors (Lipinski definition) is 6. The first-order valence-electron chi connectivity index (χ1n) is 11.4. The first-order valence-corrected chi connectivity index (χ1v) is 12.9. The fourth-order valence-corrected chi connectivity index (χ4v) is 4.75. The van der Waals surface area contributed by atoms with Gasteiger partial charge in [-0.3, -0.25) is 19.3 Å². The molecule has 0 atom stereocenters. The van der Waals surface area contributed by atoms with E-state index in [1.54, 1.807) is 24.3 Å². The zero-order valence-corrected chi connectivity index (χ0v) is 22.3. The molecule has 38 heavy (non-hydrogen) atoms. The normalized spacial score (nSPS) is 14.2. The number of ether oxygens (including phenoxy) is 2. The molecular formula is C27H21Cl2FN2O5S. The molecule has 196 valence electrons. The van der Waals surface area contributed by atoms with Crippen LogP contribution in [0.1, 0.15) is 18.1 Å². The van der Waals surface area contributed by atoms with Crippen LogP contribution in [0.5, 0.6) is 11.5 Å². The Morgan fingerprint density at radius 1 is 1.08 bits per heavy atom. The maximum Gasteiger partial charge on any atom is 0.294 e. The molecule has 0 bridgehead atoms. The van der Waals surface area contributed by atoms with Gasteiger partial charge >= 0.3 is 0 Å². The van der Waals surface area contributed by atoms with Gasteiger partial charge < -0.3 is 14.8 Å². The Hall–Kier alpha value is -3.53. The topological polar surface area (TPSA) is 84.9 Å². The summed E-state index contributed by atoms with van der Waals surface area (Å²) < 4.78 is 25.0. The zero-order chi connectivity index (χ0) is 27.2. The molecule has 0 aromatic heterocycles. The second-order valence-electron chi connectivity index (χ2n) is 8.00. The fraction of sp³-hybridized carbons (Fsp3) is 0.148. The first-order chi connectivity index (χ1) is 18.2. The molecule has 1 aliphatic heterocycles. The van der Waals surface area contributed by atoms with Gasteiger partial charge in [-0.25, -0.2) is 4.39 Å². The second kappa shape index (κ2) is 12.3. The second-order valence-corrected chi connectivity index (χ2v) is 9.84. The third-order valence-corrected chi connectivity index (χ3v) is 6.65. The van der Waals surface area contributed by atoms with Crippen LogP contribution in [0.4, 0.5) is 14.9 Å². The standard InChI is InChI=1S/C27H21Cl2FN2O5S/c1-2-36-22-11-17(10-21(29)25(22)37-15-16-6-8-18(28)9-7-16)12-23-26(34)32(27(35)38-23)14-24(33)31-20-5-3-4-19(30)13-20/h3-13H,2,14-15H2,1H3,(H,31,33)/b23-12+. The van der Waals surface area contributed by atoms with Crippen LogP contribution in [-0.4, -0.2) is 35.1 Å². The lowest BCUT2D eigenvalue weighted by Crippen LogP contribution is -2.36. The predicted molar refractivity (Wildman–Crippen MR) is 146 cm³/mol. The Bertz CT molecular complexity index is 1420. The molecule has 0 unspecified atom stereocenters. The van der Waals surface area contributed by atoms with Crippen molar-refractivity contribution < 1.29 is 28.2 Å². The summed E-state index contributed by atoms with van der Waals surface area (Å²) in [6.07, 6.45) is 1.49. The molecule has 1 saturated heterocycles. The zero-order valence-electron chi connectivity index (χ0n) is 20.0. The van der Waals surface area contributed by atoms with E-state index in [1.165, 1.54) is 24.3 Å². The largest absolute Gasteiger partial charge is 0.490 e. The molecule has 0 aliphatic carbocycles. The Labute approximate surface area is 232 Å². The van der Waals surface area contributed by atoms with Gasteiger partial charge in [-0.15, -0.1) is 0 Å². The highest BCUT2D eigenvalue weighted by Gasteiger charge is 2.36. The maximum atomic E-state index is 13.4. The van der Waals surface area contributed by atoms with Crippen molar-refractivity contribution >= 4 is 63.8 Å². The Morgan fingerprint density at radius 2 is 1.84 bits per heavy atom. The van der Waals surface area contributed by atoms with Crippen LogP contribution >= 0.6 is 35.0 Å². The molecule has 3 aromatic rings. The van der Waals surface area contributed by atoms with Crippen LogP contribution in [0.2, 0.25) is 10.0 Å². The van der Waals surface area contributed by atoms with E-state index >= 15 is 0 Å². The monoisotopic (exact) mass is 574 g/mol. The van der Waals surface area contributed by atoms with Crippen LogP contribution in [-0.2, 0) is 16.2 Å². The summed E-state index contributed by atoms with van der Waals surface area (Å²) in [5.74, 6) is -1.09. The minimum atomic E-state index is -0.636. The number of anilines is 1. The number of imide groups is 1. The van der Waals surface area contributed by atoms with Crippen LogP contribution < -0.4 is 14.8 Å². The number of rotatable bonds is 9. The van der Waals surface area contributed by atoms with E-state index in [-0.39, 0.29) is 22.2 Å². The van der Waals surface area contributed by atoms with E-state index in [0.29, 0.717) is 40.5 Å². The summed E-state index contributed by atoms with van der Waals surface area (Å²) in [5, 5.41) is 2.73. The number of amides is 3. The van der Waals surface area contributed by atoms with Crippen molar-refractivity contribution in [1.29, 1.82) is 0 Å². The van der Waals surface area contributed by atoms with Crippen LogP contribution in [0.25, 0.3) is 6.08 Å². The van der Waals surface area contributed by atoms with Gasteiger partial charge in [-0.1, -0.05) is 41.4 Å². The van der Waals surface area contributed by atoms with Gasteiger partial charge in [-0.2, -0.15) is 0 Å². The molecule has 1 fully saturated rings. The highest BCUT2D eigenvalue weighted by Crippen LogP contribution is 2.39. The van der Waals surface area contributed by atoms with Crippen molar-refractivity contribution in [3.63, 3.8) is 0 Å². The smallest absolute Gasteiger partial charge is 0.294 e. The molecule has 11 heteroatoms. The number of carbonyl (C=O) groups excluding carboxylic acids is 3. The molecule has 1 aliphatic rings. The van der Waals surface area contributed by atoms with Gasteiger partial charge in [-0.05, 0) is 78.4 Å². The summed E-state index contributed by atoms with van der Waals surface area (Å²) >= 11 is 13.1. The van der Waals surface area contributed by atoms with E-state index in [2.05, 4.69) is 5.32 Å². The molecule has 3 aromatic carbocycles. The summed E-state index contributed by atoms with van der Waals surface area (Å²) in [6, 6.07) is 15.7. The SMILES string of the molecule is CCOc1cc(/C=C2/SC(=O)N(CC(=O)Nc3cccc(F)c3)C2=O)cc(Cl)c1OCc1ccc(Cl)cc1. The first kappa shape index (κ1) is 27.5. The number of hydrogen-bond donors (Lipinski definition) is 1. The number of carbonyl (C=O) groups is 3. The third-order valence-electron chi connectivity index (χ3n) is 5.21. The van der Waals surface area contributed by atoms with Crippen LogP contribution in [0.3, 0.4) is 0 Å². The summed E-state index contributed by atoms with van der Waals surface area (Å²) in [4.78, 5) is 38.6. The number of thioether (sulfide) groups is 1. The summed E-state index contributed by atoms with van der Waals surface area (Å²) in [7, 11) is 0. The summed E-state index contributed by atoms with van der Waals surface area (Å²) in [5.41, 5.74) is 1.60. The fourth-order valence-electron chi connectivity index (χ4n) is 3.51. The maximum absolute atomic E-state index is 13.4. The average Bonchev–Trinajstić information content (AvgIpc) is 3.12. The quantitative estimate of drug-likeness (QED) is 0.283. The van der Waals surface area contributed by atoms with E-state index in [0.717, 1.165) is 16.5 Å². The molecule has 7 nitrogen and oxygen atoms in total.